The van der Waals surface area contributed by atoms with E-state index in [9.17, 15) is 9.18 Å². The highest BCUT2D eigenvalue weighted by Gasteiger charge is 2.23. The molecule has 0 radical (unpaired) electrons. The fourth-order valence-corrected chi connectivity index (χ4v) is 2.54. The number of aliphatic hydroxyl groups is 1. The van der Waals surface area contributed by atoms with E-state index < -0.39 is 5.82 Å². The van der Waals surface area contributed by atoms with Crippen LogP contribution < -0.4 is 0 Å². The molecule has 0 bridgehead atoms. The smallest absolute Gasteiger partial charge is 0.255 e. The van der Waals surface area contributed by atoms with Crippen LogP contribution in [0.5, 0.6) is 0 Å². The Hall–Kier alpha value is -1.17. The van der Waals surface area contributed by atoms with Gasteiger partial charge in [0, 0.05) is 32.7 Å². The lowest BCUT2D eigenvalue weighted by Crippen LogP contribution is -2.49. The summed E-state index contributed by atoms with van der Waals surface area (Å²) in [6.45, 7) is 4.99. The SMILES string of the molecule is Cc1cc(C(=O)N2CCN(CCO)CC2)c(Cl)cc1F. The number of amides is 1. The maximum Gasteiger partial charge on any atom is 0.255 e. The van der Waals surface area contributed by atoms with Gasteiger partial charge in [-0.1, -0.05) is 11.6 Å². The number of benzene rings is 1. The second-order valence-corrected chi connectivity index (χ2v) is 5.35. The number of β-amino-alcohol motifs (C(OH)–C–C–N with tert-alkyl or cyclic N) is 1. The van der Waals surface area contributed by atoms with Crippen molar-refractivity contribution in [3.63, 3.8) is 0 Å². The van der Waals surface area contributed by atoms with Crippen molar-refractivity contribution in [3.05, 3.63) is 34.1 Å². The first-order chi connectivity index (χ1) is 9.52. The number of hydrogen-bond acceptors (Lipinski definition) is 3. The summed E-state index contributed by atoms with van der Waals surface area (Å²) in [5, 5.41) is 9.04. The molecule has 0 unspecified atom stereocenters. The molecule has 1 aliphatic rings. The predicted octanol–water partition coefficient (Wildman–Crippen LogP) is 1.54. The van der Waals surface area contributed by atoms with E-state index in [0.717, 1.165) is 13.1 Å². The maximum atomic E-state index is 13.4. The van der Waals surface area contributed by atoms with E-state index in [4.69, 9.17) is 16.7 Å². The Labute approximate surface area is 122 Å². The van der Waals surface area contributed by atoms with Crippen LogP contribution in [-0.2, 0) is 0 Å². The van der Waals surface area contributed by atoms with Crippen molar-refractivity contribution in [3.8, 4) is 0 Å². The number of carbonyl (C=O) groups excluding carboxylic acids is 1. The minimum Gasteiger partial charge on any atom is -0.395 e. The summed E-state index contributed by atoms with van der Waals surface area (Å²) in [7, 11) is 0. The molecule has 0 saturated carbocycles. The summed E-state index contributed by atoms with van der Waals surface area (Å²) in [6.07, 6.45) is 0. The van der Waals surface area contributed by atoms with Crippen LogP contribution >= 0.6 is 11.6 Å². The average molecular weight is 301 g/mol. The third kappa shape index (κ3) is 3.29. The molecule has 2 rings (SSSR count). The van der Waals surface area contributed by atoms with Crippen LogP contribution in [0, 0.1) is 12.7 Å². The summed E-state index contributed by atoms with van der Waals surface area (Å²) in [5.41, 5.74) is 0.762. The number of rotatable bonds is 3. The van der Waals surface area contributed by atoms with Gasteiger partial charge >= 0.3 is 0 Å². The van der Waals surface area contributed by atoms with Gasteiger partial charge in [-0.15, -0.1) is 0 Å². The van der Waals surface area contributed by atoms with Crippen molar-refractivity contribution < 1.29 is 14.3 Å². The molecule has 1 heterocycles. The highest BCUT2D eigenvalue weighted by Crippen LogP contribution is 2.22. The summed E-state index contributed by atoms with van der Waals surface area (Å²) < 4.78 is 13.4. The number of piperazine rings is 1. The fourth-order valence-electron chi connectivity index (χ4n) is 2.31. The Bertz CT molecular complexity index is 502. The predicted molar refractivity (Wildman–Crippen MR) is 75.6 cm³/mol. The van der Waals surface area contributed by atoms with Gasteiger partial charge in [0.05, 0.1) is 17.2 Å². The monoisotopic (exact) mass is 300 g/mol. The van der Waals surface area contributed by atoms with Crippen LogP contribution in [0.15, 0.2) is 12.1 Å². The van der Waals surface area contributed by atoms with Gasteiger partial charge in [-0.25, -0.2) is 4.39 Å². The standard InChI is InChI=1S/C14H18ClFN2O2/c1-10-8-11(12(15)9-13(10)16)14(20)18-4-2-17(3-5-18)6-7-19/h8-9,19H,2-7H2,1H3. The average Bonchev–Trinajstić information content (AvgIpc) is 2.43. The quantitative estimate of drug-likeness (QED) is 0.921. The van der Waals surface area contributed by atoms with Crippen molar-refractivity contribution >= 4 is 17.5 Å². The highest BCUT2D eigenvalue weighted by molar-refractivity contribution is 6.33. The molecular formula is C14H18ClFN2O2. The Morgan fingerprint density at radius 1 is 1.35 bits per heavy atom. The van der Waals surface area contributed by atoms with Crippen LogP contribution in [-0.4, -0.2) is 60.1 Å². The van der Waals surface area contributed by atoms with Gasteiger partial charge in [0.1, 0.15) is 5.82 Å². The first-order valence-electron chi connectivity index (χ1n) is 6.61. The largest absolute Gasteiger partial charge is 0.395 e. The Balaban J connectivity index is 2.07. The minimum absolute atomic E-state index is 0.122. The van der Waals surface area contributed by atoms with Gasteiger partial charge in [-0.3, -0.25) is 9.69 Å². The van der Waals surface area contributed by atoms with Crippen molar-refractivity contribution in [1.82, 2.24) is 9.80 Å². The summed E-state index contributed by atoms with van der Waals surface area (Å²) in [4.78, 5) is 16.2. The third-order valence-electron chi connectivity index (χ3n) is 3.55. The van der Waals surface area contributed by atoms with Crippen molar-refractivity contribution in [2.75, 3.05) is 39.3 Å². The summed E-state index contributed by atoms with van der Waals surface area (Å²) in [5.74, 6) is -0.568. The van der Waals surface area contributed by atoms with Gasteiger partial charge in [-0.05, 0) is 24.6 Å². The fraction of sp³-hybridized carbons (Fsp3) is 0.500. The van der Waals surface area contributed by atoms with E-state index >= 15 is 0 Å². The molecule has 6 heteroatoms. The van der Waals surface area contributed by atoms with E-state index in [2.05, 4.69) is 4.90 Å². The maximum absolute atomic E-state index is 13.4. The number of carbonyl (C=O) groups is 1. The van der Waals surface area contributed by atoms with Crippen molar-refractivity contribution in [2.45, 2.75) is 6.92 Å². The molecule has 1 aromatic rings. The molecule has 0 spiro atoms. The van der Waals surface area contributed by atoms with E-state index in [1.165, 1.54) is 12.1 Å². The van der Waals surface area contributed by atoms with Crippen LogP contribution in [0.3, 0.4) is 0 Å². The van der Waals surface area contributed by atoms with E-state index in [1.54, 1.807) is 11.8 Å². The highest BCUT2D eigenvalue weighted by atomic mass is 35.5. The molecule has 1 aliphatic heterocycles. The van der Waals surface area contributed by atoms with Gasteiger partial charge < -0.3 is 10.0 Å². The lowest BCUT2D eigenvalue weighted by atomic mass is 10.1. The van der Waals surface area contributed by atoms with Gasteiger partial charge in [-0.2, -0.15) is 0 Å². The van der Waals surface area contributed by atoms with E-state index in [-0.39, 0.29) is 17.5 Å². The molecule has 110 valence electrons. The zero-order valence-electron chi connectivity index (χ0n) is 11.4. The van der Waals surface area contributed by atoms with E-state index in [0.29, 0.717) is 30.8 Å². The Morgan fingerprint density at radius 3 is 2.60 bits per heavy atom. The van der Waals surface area contributed by atoms with Crippen molar-refractivity contribution in [1.29, 1.82) is 0 Å². The molecule has 0 aromatic heterocycles. The number of aliphatic hydroxyl groups excluding tert-OH is 1. The molecule has 4 nitrogen and oxygen atoms in total. The van der Waals surface area contributed by atoms with Crippen LogP contribution in [0.1, 0.15) is 15.9 Å². The Morgan fingerprint density at radius 2 is 2.00 bits per heavy atom. The van der Waals surface area contributed by atoms with Gasteiger partial charge in [0.15, 0.2) is 0 Å². The zero-order valence-corrected chi connectivity index (χ0v) is 12.2. The topological polar surface area (TPSA) is 43.8 Å². The number of aryl methyl sites for hydroxylation is 1. The zero-order chi connectivity index (χ0) is 14.7. The first-order valence-corrected chi connectivity index (χ1v) is 6.99. The van der Waals surface area contributed by atoms with Crippen molar-refractivity contribution in [2.24, 2.45) is 0 Å². The molecule has 1 N–H and O–H groups in total. The molecular weight excluding hydrogens is 283 g/mol. The molecule has 20 heavy (non-hydrogen) atoms. The number of hydrogen-bond donors (Lipinski definition) is 1. The normalized spacial score (nSPS) is 16.5. The van der Waals surface area contributed by atoms with Gasteiger partial charge in [0.25, 0.3) is 5.91 Å². The van der Waals surface area contributed by atoms with Crippen LogP contribution in [0.25, 0.3) is 0 Å². The lowest BCUT2D eigenvalue weighted by Gasteiger charge is -2.34. The van der Waals surface area contributed by atoms with Gasteiger partial charge in [0.2, 0.25) is 0 Å². The number of nitrogens with zero attached hydrogens (tertiary/aromatic N) is 2. The molecule has 0 atom stereocenters. The first kappa shape index (κ1) is 15.2. The summed E-state index contributed by atoms with van der Waals surface area (Å²) in [6, 6.07) is 2.69. The molecule has 1 aromatic carbocycles. The summed E-state index contributed by atoms with van der Waals surface area (Å²) >= 11 is 5.96. The van der Waals surface area contributed by atoms with E-state index in [1.807, 2.05) is 0 Å². The molecule has 0 aliphatic carbocycles. The second kappa shape index (κ2) is 6.52. The molecule has 1 fully saturated rings. The third-order valence-corrected chi connectivity index (χ3v) is 3.87. The minimum atomic E-state index is -0.403. The molecule has 1 amide bonds. The van der Waals surface area contributed by atoms with Crippen LogP contribution in [0.2, 0.25) is 5.02 Å². The number of halogens is 2. The Kier molecular flexibility index (Phi) is 4.96. The lowest BCUT2D eigenvalue weighted by molar-refractivity contribution is 0.0615. The van der Waals surface area contributed by atoms with Crippen LogP contribution in [0.4, 0.5) is 4.39 Å². The second-order valence-electron chi connectivity index (χ2n) is 4.94. The molecule has 1 saturated heterocycles.